The van der Waals surface area contributed by atoms with Gasteiger partial charge in [0.2, 0.25) is 0 Å². The molecule has 0 fully saturated rings. The van der Waals surface area contributed by atoms with Gasteiger partial charge in [-0.3, -0.25) is 4.79 Å². The molecule has 1 N–H and O–H groups in total. The average Bonchev–Trinajstić information content (AvgIpc) is 2.17. The first-order valence-corrected chi connectivity index (χ1v) is 3.81. The average molecular weight is 179 g/mol. The highest BCUT2D eigenvalue weighted by Crippen LogP contribution is 2.12. The summed E-state index contributed by atoms with van der Waals surface area (Å²) in [5.41, 5.74) is 0.380. The fourth-order valence-electron chi connectivity index (χ4n) is 0.915. The fraction of sp³-hybridized carbons (Fsp3) is 0.222. The van der Waals surface area contributed by atoms with Gasteiger partial charge < -0.3 is 5.11 Å². The van der Waals surface area contributed by atoms with Crippen molar-refractivity contribution in [1.29, 1.82) is 0 Å². The molecular weight excluding hydrogens is 170 g/mol. The molecular formula is C9H9NO3. The molecule has 1 atom stereocenters. The molecule has 0 spiro atoms. The second-order valence-electron chi connectivity index (χ2n) is 2.69. The Balaban J connectivity index is 2.89. The van der Waals surface area contributed by atoms with Crippen LogP contribution in [-0.4, -0.2) is 16.9 Å². The van der Waals surface area contributed by atoms with Crippen molar-refractivity contribution >= 4 is 5.78 Å². The van der Waals surface area contributed by atoms with E-state index in [2.05, 4.69) is 5.18 Å². The number of hydrogen-bond acceptors (Lipinski definition) is 4. The van der Waals surface area contributed by atoms with Crippen LogP contribution in [0.15, 0.2) is 29.4 Å². The summed E-state index contributed by atoms with van der Waals surface area (Å²) < 4.78 is 0. The van der Waals surface area contributed by atoms with E-state index in [0.29, 0.717) is 5.56 Å². The molecule has 4 nitrogen and oxygen atoms in total. The number of rotatable bonds is 3. The molecule has 1 aromatic carbocycles. The van der Waals surface area contributed by atoms with Crippen molar-refractivity contribution in [3.05, 3.63) is 34.7 Å². The van der Waals surface area contributed by atoms with Crippen LogP contribution >= 0.6 is 0 Å². The Bertz CT molecular complexity index is 318. The first-order chi connectivity index (χ1) is 6.15. The molecule has 0 saturated heterocycles. The second kappa shape index (κ2) is 3.80. The maximum Gasteiger partial charge on any atom is 0.190 e. The lowest BCUT2D eigenvalue weighted by Crippen LogP contribution is -2.13. The van der Waals surface area contributed by atoms with E-state index in [0.717, 1.165) is 0 Å². The largest absolute Gasteiger partial charge is 0.508 e. The van der Waals surface area contributed by atoms with Crippen molar-refractivity contribution in [2.45, 2.75) is 13.0 Å². The molecule has 0 bridgehead atoms. The Morgan fingerprint density at radius 1 is 1.38 bits per heavy atom. The number of aromatic hydroxyl groups is 1. The molecule has 1 rings (SSSR count). The number of phenolic OH excluding ortho intramolecular Hbond substituents is 1. The minimum Gasteiger partial charge on any atom is -0.508 e. The van der Waals surface area contributed by atoms with Gasteiger partial charge in [0.1, 0.15) is 5.75 Å². The van der Waals surface area contributed by atoms with Crippen LogP contribution in [0.2, 0.25) is 0 Å². The molecule has 13 heavy (non-hydrogen) atoms. The number of carbonyl (C=O) groups excluding carboxylic acids is 1. The van der Waals surface area contributed by atoms with Crippen LogP contribution in [0.5, 0.6) is 5.75 Å². The number of ketones is 1. The molecule has 4 heteroatoms. The number of phenols is 1. The van der Waals surface area contributed by atoms with Gasteiger partial charge in [-0.25, -0.2) is 0 Å². The topological polar surface area (TPSA) is 66.7 Å². The molecule has 0 saturated carbocycles. The van der Waals surface area contributed by atoms with Crippen LogP contribution in [0.25, 0.3) is 0 Å². The van der Waals surface area contributed by atoms with E-state index >= 15 is 0 Å². The molecule has 0 radical (unpaired) electrons. The quantitative estimate of drug-likeness (QED) is 0.567. The van der Waals surface area contributed by atoms with Gasteiger partial charge in [0, 0.05) is 5.56 Å². The standard InChI is InChI=1S/C9H9NO3/c1-6(10-13)9(12)7-2-4-8(11)5-3-7/h2-6,11H,1H3. The lowest BCUT2D eigenvalue weighted by Gasteiger charge is -2.01. The molecule has 0 heterocycles. The summed E-state index contributed by atoms with van der Waals surface area (Å²) in [5.74, 6) is -0.252. The lowest BCUT2D eigenvalue weighted by atomic mass is 10.1. The Morgan fingerprint density at radius 2 is 1.92 bits per heavy atom. The first kappa shape index (κ1) is 9.38. The van der Waals surface area contributed by atoms with Gasteiger partial charge in [0.05, 0.1) is 0 Å². The SMILES string of the molecule is CC(N=O)C(=O)c1ccc(O)cc1. The van der Waals surface area contributed by atoms with Crippen LogP contribution in [-0.2, 0) is 0 Å². The zero-order chi connectivity index (χ0) is 9.84. The number of Topliss-reactive ketones (excluding diaryl/α,β-unsaturated/α-hetero) is 1. The van der Waals surface area contributed by atoms with E-state index in [4.69, 9.17) is 5.11 Å². The monoisotopic (exact) mass is 179 g/mol. The van der Waals surface area contributed by atoms with Crippen LogP contribution in [0.1, 0.15) is 17.3 Å². The molecule has 0 amide bonds. The third-order valence-electron chi connectivity index (χ3n) is 1.69. The van der Waals surface area contributed by atoms with Crippen molar-refractivity contribution in [3.8, 4) is 5.75 Å². The maximum absolute atomic E-state index is 11.3. The molecule has 0 aliphatic heterocycles. The van der Waals surface area contributed by atoms with Gasteiger partial charge in [0.25, 0.3) is 0 Å². The smallest absolute Gasteiger partial charge is 0.190 e. The van der Waals surface area contributed by atoms with E-state index in [-0.39, 0.29) is 11.5 Å². The molecule has 1 aromatic rings. The van der Waals surface area contributed by atoms with E-state index in [1.54, 1.807) is 0 Å². The van der Waals surface area contributed by atoms with Crippen molar-refractivity contribution in [2.75, 3.05) is 0 Å². The molecule has 0 aromatic heterocycles. The van der Waals surface area contributed by atoms with Crippen molar-refractivity contribution in [2.24, 2.45) is 5.18 Å². The number of carbonyl (C=O) groups is 1. The van der Waals surface area contributed by atoms with E-state index in [1.165, 1.54) is 31.2 Å². The molecule has 0 aliphatic carbocycles. The number of hydrogen-bond donors (Lipinski definition) is 1. The van der Waals surface area contributed by atoms with Crippen LogP contribution in [0.3, 0.4) is 0 Å². The zero-order valence-corrected chi connectivity index (χ0v) is 7.10. The highest BCUT2D eigenvalue weighted by Gasteiger charge is 2.14. The van der Waals surface area contributed by atoms with E-state index in [1.807, 2.05) is 0 Å². The Hall–Kier alpha value is -1.71. The van der Waals surface area contributed by atoms with E-state index in [9.17, 15) is 9.70 Å². The number of nitroso groups, excluding NO2 is 1. The highest BCUT2D eigenvalue weighted by molar-refractivity contribution is 5.99. The third-order valence-corrected chi connectivity index (χ3v) is 1.69. The summed E-state index contributed by atoms with van der Waals surface area (Å²) in [6.07, 6.45) is 0. The van der Waals surface area contributed by atoms with Gasteiger partial charge in [-0.15, -0.1) is 0 Å². The number of nitrogens with zero attached hydrogens (tertiary/aromatic N) is 1. The van der Waals surface area contributed by atoms with Gasteiger partial charge in [-0.1, -0.05) is 5.18 Å². The fourth-order valence-corrected chi connectivity index (χ4v) is 0.915. The summed E-state index contributed by atoms with van der Waals surface area (Å²) in [6.45, 7) is 1.43. The normalized spacial score (nSPS) is 12.1. The van der Waals surface area contributed by atoms with Gasteiger partial charge in [0.15, 0.2) is 11.8 Å². The van der Waals surface area contributed by atoms with Crippen molar-refractivity contribution in [1.82, 2.24) is 0 Å². The Kier molecular flexibility index (Phi) is 2.74. The third kappa shape index (κ3) is 2.11. The summed E-state index contributed by atoms with van der Waals surface area (Å²) in [5, 5.41) is 11.6. The first-order valence-electron chi connectivity index (χ1n) is 3.81. The maximum atomic E-state index is 11.3. The molecule has 1 unspecified atom stereocenters. The Labute approximate surface area is 75.2 Å². The number of benzene rings is 1. The minimum atomic E-state index is -0.871. The van der Waals surface area contributed by atoms with Crippen LogP contribution in [0, 0.1) is 4.91 Å². The lowest BCUT2D eigenvalue weighted by molar-refractivity contribution is 0.0968. The summed E-state index contributed by atoms with van der Waals surface area (Å²) >= 11 is 0. The molecule has 68 valence electrons. The van der Waals surface area contributed by atoms with Crippen LogP contribution in [0.4, 0.5) is 0 Å². The van der Waals surface area contributed by atoms with E-state index < -0.39 is 6.04 Å². The summed E-state index contributed by atoms with van der Waals surface area (Å²) in [6, 6.07) is 4.83. The van der Waals surface area contributed by atoms with Gasteiger partial charge >= 0.3 is 0 Å². The molecule has 0 aliphatic rings. The predicted octanol–water partition coefficient (Wildman–Crippen LogP) is 1.73. The minimum absolute atomic E-state index is 0.0864. The summed E-state index contributed by atoms with van der Waals surface area (Å²) in [4.78, 5) is 21.4. The Morgan fingerprint density at radius 3 is 2.38 bits per heavy atom. The second-order valence-corrected chi connectivity index (χ2v) is 2.69. The summed E-state index contributed by atoms with van der Waals surface area (Å²) in [7, 11) is 0. The van der Waals surface area contributed by atoms with Crippen molar-refractivity contribution in [3.63, 3.8) is 0 Å². The zero-order valence-electron chi connectivity index (χ0n) is 7.10. The van der Waals surface area contributed by atoms with Gasteiger partial charge in [-0.05, 0) is 31.2 Å². The van der Waals surface area contributed by atoms with Crippen molar-refractivity contribution < 1.29 is 9.90 Å². The highest BCUT2D eigenvalue weighted by atomic mass is 16.3. The van der Waals surface area contributed by atoms with Gasteiger partial charge in [-0.2, -0.15) is 4.91 Å². The predicted molar refractivity (Wildman–Crippen MR) is 47.7 cm³/mol. The van der Waals surface area contributed by atoms with Crippen LogP contribution < -0.4 is 0 Å².